The average Bonchev–Trinajstić information content (AvgIpc) is 2.90. The Balaban J connectivity index is 1.43. The van der Waals surface area contributed by atoms with Crippen LogP contribution in [0.1, 0.15) is 30.4 Å². The second-order valence-electron chi connectivity index (χ2n) is 6.75. The molecule has 2 saturated heterocycles. The molecule has 3 rings (SSSR count). The Labute approximate surface area is 142 Å². The summed E-state index contributed by atoms with van der Waals surface area (Å²) in [5.41, 5.74) is 2.70. The molecule has 1 N–H and O–H groups in total. The van der Waals surface area contributed by atoms with Crippen LogP contribution in [0.25, 0.3) is 0 Å². The molecule has 1 aromatic carbocycles. The second-order valence-corrected chi connectivity index (χ2v) is 7.74. The number of carbonyl (C=O) groups excluding carboxylic acids is 2. The van der Waals surface area contributed by atoms with Crippen LogP contribution in [0.5, 0.6) is 0 Å². The lowest BCUT2D eigenvalue weighted by atomic mass is 9.78. The van der Waals surface area contributed by atoms with Crippen molar-refractivity contribution in [2.45, 2.75) is 31.9 Å². The van der Waals surface area contributed by atoms with Gasteiger partial charge in [0, 0.05) is 31.8 Å². The molecule has 2 heterocycles. The summed E-state index contributed by atoms with van der Waals surface area (Å²) in [6, 6.07) is 8.33. The summed E-state index contributed by atoms with van der Waals surface area (Å²) in [6.07, 6.45) is 2.52. The first-order valence-corrected chi connectivity index (χ1v) is 9.40. The van der Waals surface area contributed by atoms with E-state index in [0.29, 0.717) is 12.2 Å². The predicted molar refractivity (Wildman–Crippen MR) is 93.2 cm³/mol. The number of aryl methyl sites for hydroxylation is 1. The fourth-order valence-corrected chi connectivity index (χ4v) is 4.45. The van der Waals surface area contributed by atoms with Crippen LogP contribution in [0.4, 0.5) is 0 Å². The average molecular weight is 332 g/mol. The SMILES string of the molecule is Cc1ccccc1CSCC(=O)N1CCC2(CC1)CNC(=O)C2. The minimum Gasteiger partial charge on any atom is -0.356 e. The Morgan fingerprint density at radius 1 is 1.30 bits per heavy atom. The largest absolute Gasteiger partial charge is 0.356 e. The maximum Gasteiger partial charge on any atom is 0.232 e. The number of thioether (sulfide) groups is 1. The number of amides is 2. The molecule has 124 valence electrons. The minimum absolute atomic E-state index is 0.113. The summed E-state index contributed by atoms with van der Waals surface area (Å²) in [4.78, 5) is 25.8. The molecular weight excluding hydrogens is 308 g/mol. The molecule has 0 aliphatic carbocycles. The molecular formula is C18H24N2O2S. The summed E-state index contributed by atoms with van der Waals surface area (Å²) < 4.78 is 0. The van der Waals surface area contributed by atoms with Gasteiger partial charge >= 0.3 is 0 Å². The number of hydrogen-bond acceptors (Lipinski definition) is 3. The number of piperidine rings is 1. The lowest BCUT2D eigenvalue weighted by Crippen LogP contribution is -2.44. The van der Waals surface area contributed by atoms with Gasteiger partial charge in [0.15, 0.2) is 0 Å². The smallest absolute Gasteiger partial charge is 0.232 e. The quantitative estimate of drug-likeness (QED) is 0.921. The Morgan fingerprint density at radius 2 is 2.04 bits per heavy atom. The van der Waals surface area contributed by atoms with Crippen LogP contribution in [0.3, 0.4) is 0 Å². The summed E-state index contributed by atoms with van der Waals surface area (Å²) in [6.45, 7) is 4.48. The van der Waals surface area contributed by atoms with E-state index in [1.165, 1.54) is 11.1 Å². The van der Waals surface area contributed by atoms with Crippen LogP contribution < -0.4 is 5.32 Å². The van der Waals surface area contributed by atoms with Crippen LogP contribution >= 0.6 is 11.8 Å². The van der Waals surface area contributed by atoms with E-state index in [0.717, 1.165) is 38.2 Å². The zero-order valence-electron chi connectivity index (χ0n) is 13.6. The van der Waals surface area contributed by atoms with E-state index in [1.54, 1.807) is 11.8 Å². The third-order valence-corrected chi connectivity index (χ3v) is 6.08. The summed E-state index contributed by atoms with van der Waals surface area (Å²) in [5, 5.41) is 2.94. The number of carbonyl (C=O) groups is 2. The maximum absolute atomic E-state index is 12.4. The lowest BCUT2D eigenvalue weighted by molar-refractivity contribution is -0.130. The van der Waals surface area contributed by atoms with E-state index in [1.807, 2.05) is 17.0 Å². The number of benzene rings is 1. The molecule has 23 heavy (non-hydrogen) atoms. The van der Waals surface area contributed by atoms with Crippen molar-refractivity contribution in [3.8, 4) is 0 Å². The highest BCUT2D eigenvalue weighted by molar-refractivity contribution is 7.99. The number of rotatable bonds is 4. The normalized spacial score (nSPS) is 19.9. The first-order chi connectivity index (χ1) is 11.1. The molecule has 2 aliphatic rings. The van der Waals surface area contributed by atoms with Crippen molar-refractivity contribution < 1.29 is 9.59 Å². The fraction of sp³-hybridized carbons (Fsp3) is 0.556. The van der Waals surface area contributed by atoms with Crippen LogP contribution in [0.15, 0.2) is 24.3 Å². The molecule has 4 nitrogen and oxygen atoms in total. The highest BCUT2D eigenvalue weighted by atomic mass is 32.2. The summed E-state index contributed by atoms with van der Waals surface area (Å²) in [7, 11) is 0. The van der Waals surface area contributed by atoms with Gasteiger partial charge in [0.1, 0.15) is 0 Å². The molecule has 2 aliphatic heterocycles. The van der Waals surface area contributed by atoms with Gasteiger partial charge in [-0.3, -0.25) is 9.59 Å². The van der Waals surface area contributed by atoms with Crippen LogP contribution in [-0.2, 0) is 15.3 Å². The van der Waals surface area contributed by atoms with Crippen molar-refractivity contribution in [1.29, 1.82) is 0 Å². The van der Waals surface area contributed by atoms with Crippen molar-refractivity contribution in [3.05, 3.63) is 35.4 Å². The molecule has 0 aromatic heterocycles. The monoisotopic (exact) mass is 332 g/mol. The molecule has 2 amide bonds. The van der Waals surface area contributed by atoms with Crippen molar-refractivity contribution in [3.63, 3.8) is 0 Å². The highest BCUT2D eigenvalue weighted by Gasteiger charge is 2.41. The Hall–Kier alpha value is -1.49. The third kappa shape index (κ3) is 3.89. The molecule has 0 bridgehead atoms. The first kappa shape index (κ1) is 16.4. The molecule has 5 heteroatoms. The van der Waals surface area contributed by atoms with Gasteiger partial charge in [-0.1, -0.05) is 24.3 Å². The Bertz CT molecular complexity index is 594. The summed E-state index contributed by atoms with van der Waals surface area (Å²) >= 11 is 1.69. The molecule has 0 unspecified atom stereocenters. The number of nitrogens with zero attached hydrogens (tertiary/aromatic N) is 1. The summed E-state index contributed by atoms with van der Waals surface area (Å²) in [5.74, 6) is 1.82. The van der Waals surface area contributed by atoms with E-state index in [9.17, 15) is 9.59 Å². The van der Waals surface area contributed by atoms with Gasteiger partial charge in [-0.25, -0.2) is 0 Å². The second kappa shape index (κ2) is 6.95. The maximum atomic E-state index is 12.4. The van der Waals surface area contributed by atoms with Gasteiger partial charge in [-0.2, -0.15) is 0 Å². The molecule has 2 fully saturated rings. The lowest BCUT2D eigenvalue weighted by Gasteiger charge is -2.38. The minimum atomic E-state index is 0.113. The molecule has 1 aromatic rings. The van der Waals surface area contributed by atoms with Crippen molar-refractivity contribution in [2.24, 2.45) is 5.41 Å². The van der Waals surface area contributed by atoms with E-state index < -0.39 is 0 Å². The van der Waals surface area contributed by atoms with E-state index in [-0.39, 0.29) is 17.2 Å². The van der Waals surface area contributed by atoms with Gasteiger partial charge in [0.25, 0.3) is 0 Å². The molecule has 1 spiro atoms. The number of nitrogens with one attached hydrogen (secondary N) is 1. The van der Waals surface area contributed by atoms with Crippen molar-refractivity contribution in [1.82, 2.24) is 10.2 Å². The van der Waals surface area contributed by atoms with Crippen LogP contribution in [0.2, 0.25) is 0 Å². The zero-order valence-corrected chi connectivity index (χ0v) is 14.5. The Morgan fingerprint density at radius 3 is 2.70 bits per heavy atom. The van der Waals surface area contributed by atoms with Gasteiger partial charge in [-0.05, 0) is 36.3 Å². The predicted octanol–water partition coefficient (Wildman–Crippen LogP) is 2.36. The van der Waals surface area contributed by atoms with Crippen molar-refractivity contribution in [2.75, 3.05) is 25.4 Å². The standard InChI is InChI=1S/C18H24N2O2S/c1-14-4-2-3-5-15(14)11-23-12-17(22)20-8-6-18(7-9-20)10-16(21)19-13-18/h2-5H,6-13H2,1H3,(H,19,21). The van der Waals surface area contributed by atoms with Gasteiger partial charge in [0.05, 0.1) is 5.75 Å². The highest BCUT2D eigenvalue weighted by Crippen LogP contribution is 2.37. The Kier molecular flexibility index (Phi) is 4.95. The van der Waals surface area contributed by atoms with Crippen LogP contribution in [-0.4, -0.2) is 42.1 Å². The van der Waals surface area contributed by atoms with Crippen molar-refractivity contribution >= 4 is 23.6 Å². The van der Waals surface area contributed by atoms with E-state index in [4.69, 9.17) is 0 Å². The van der Waals surface area contributed by atoms with Crippen LogP contribution in [0, 0.1) is 12.3 Å². The van der Waals surface area contributed by atoms with Gasteiger partial charge in [-0.15, -0.1) is 11.8 Å². The van der Waals surface area contributed by atoms with Gasteiger partial charge < -0.3 is 10.2 Å². The molecule has 0 atom stereocenters. The van der Waals surface area contributed by atoms with Gasteiger partial charge in [0.2, 0.25) is 11.8 Å². The number of likely N-dealkylation sites (tertiary alicyclic amines) is 1. The topological polar surface area (TPSA) is 49.4 Å². The number of hydrogen-bond donors (Lipinski definition) is 1. The molecule has 0 radical (unpaired) electrons. The zero-order chi connectivity index (χ0) is 16.3. The fourth-order valence-electron chi connectivity index (χ4n) is 3.45. The molecule has 0 saturated carbocycles. The third-order valence-electron chi connectivity index (χ3n) is 5.12. The van der Waals surface area contributed by atoms with E-state index in [2.05, 4.69) is 24.4 Å². The van der Waals surface area contributed by atoms with E-state index >= 15 is 0 Å². The first-order valence-electron chi connectivity index (χ1n) is 8.25.